The van der Waals surface area contributed by atoms with Crippen LogP contribution in [0.5, 0.6) is 5.75 Å². The van der Waals surface area contributed by atoms with Crippen molar-refractivity contribution in [1.82, 2.24) is 24.3 Å². The first-order chi connectivity index (χ1) is 19.7. The van der Waals surface area contributed by atoms with Crippen molar-refractivity contribution in [3.63, 3.8) is 0 Å². The fourth-order valence-electron chi connectivity index (χ4n) is 3.56. The Morgan fingerprint density at radius 1 is 1.05 bits per heavy atom. The van der Waals surface area contributed by atoms with Gasteiger partial charge in [-0.3, -0.25) is 9.59 Å². The molecule has 1 N–H and O–H groups in total. The Morgan fingerprint density at radius 3 is 2.26 bits per heavy atom. The highest BCUT2D eigenvalue weighted by Crippen LogP contribution is 2.28. The number of amides is 2. The number of carbonyl (C=O) groups excluding carboxylic acids is 2. The van der Waals surface area contributed by atoms with Crippen LogP contribution in [0.2, 0.25) is 0 Å². The number of sulfonamides is 1. The number of aryl methyl sites for hydroxylation is 1. The van der Waals surface area contributed by atoms with Gasteiger partial charge < -0.3 is 24.8 Å². The van der Waals surface area contributed by atoms with Crippen LogP contribution in [0, 0.1) is 44.2 Å². The molecule has 11 heteroatoms. The minimum atomic E-state index is -4.34. The summed E-state index contributed by atoms with van der Waals surface area (Å²) in [6.45, 7) is 7.92. The molecule has 0 aliphatic carbocycles. The van der Waals surface area contributed by atoms with E-state index in [-0.39, 0.29) is 23.5 Å². The van der Waals surface area contributed by atoms with Gasteiger partial charge in [0.05, 0.1) is 13.7 Å². The molecule has 1 rings (SSSR count). The van der Waals surface area contributed by atoms with Gasteiger partial charge in [0.1, 0.15) is 17.2 Å². The summed E-state index contributed by atoms with van der Waals surface area (Å²) in [5.74, 6) is 1.54. The molecule has 0 atom stereocenters. The average molecular weight is 594 g/mol. The smallest absolute Gasteiger partial charge is 0.272 e. The van der Waals surface area contributed by atoms with E-state index in [1.54, 1.807) is 24.9 Å². The maximum absolute atomic E-state index is 13.3. The molecule has 0 aliphatic rings. The molecule has 0 aromatic heterocycles. The van der Waals surface area contributed by atoms with Gasteiger partial charge in [0.25, 0.3) is 10.0 Å². The van der Waals surface area contributed by atoms with Gasteiger partial charge in [-0.15, -0.1) is 6.42 Å². The Balaban J connectivity index is 2.85. The Morgan fingerprint density at radius 2 is 1.71 bits per heavy atom. The van der Waals surface area contributed by atoms with Crippen molar-refractivity contribution in [3.05, 3.63) is 59.3 Å². The van der Waals surface area contributed by atoms with Gasteiger partial charge in [0, 0.05) is 64.1 Å². The lowest BCUT2D eigenvalue weighted by Gasteiger charge is -2.22. The third kappa shape index (κ3) is 9.99. The maximum atomic E-state index is 13.3. The highest BCUT2D eigenvalue weighted by Gasteiger charge is 2.29. The predicted molar refractivity (Wildman–Crippen MR) is 165 cm³/mol. The minimum Gasteiger partial charge on any atom is -0.497 e. The largest absolute Gasteiger partial charge is 0.497 e. The highest BCUT2D eigenvalue weighted by atomic mass is 32.2. The van der Waals surface area contributed by atoms with Crippen LogP contribution in [0.4, 0.5) is 0 Å². The number of hydrogen-bond acceptors (Lipinski definition) is 7. The van der Waals surface area contributed by atoms with Crippen molar-refractivity contribution in [2.45, 2.75) is 18.7 Å². The Kier molecular flexibility index (Phi) is 13.8. The van der Waals surface area contributed by atoms with Crippen molar-refractivity contribution >= 4 is 21.8 Å². The van der Waals surface area contributed by atoms with Crippen LogP contribution in [-0.2, 0) is 19.6 Å². The second-order valence-corrected chi connectivity index (χ2v) is 11.2. The van der Waals surface area contributed by atoms with E-state index in [4.69, 9.17) is 24.0 Å². The van der Waals surface area contributed by atoms with Crippen molar-refractivity contribution in [2.24, 2.45) is 0 Å². The van der Waals surface area contributed by atoms with Gasteiger partial charge in [0.15, 0.2) is 0 Å². The standard InChI is InChI=1S/C31H39N5O5S/c1-11-26(16-15-25(6)34(8)18-17-33(7)13-3)22-35(9)30(38)21-32-29(37)23-36(14-4)42(39,40)31-24(5)19-28(41-10)20-27(31)12-2/h2-4,11,15-16,19-20H,1,17-18,21-23H2,5-10H3,(H,32,37)/b25-15+,26-16+. The lowest BCUT2D eigenvalue weighted by atomic mass is 10.1. The number of likely N-dealkylation sites (N-methyl/N-ethyl adjacent to an activating group) is 3. The minimum absolute atomic E-state index is 0.0450. The molecule has 0 fully saturated rings. The van der Waals surface area contributed by atoms with E-state index in [2.05, 4.69) is 28.8 Å². The summed E-state index contributed by atoms with van der Waals surface area (Å²) in [4.78, 5) is 30.3. The van der Waals surface area contributed by atoms with Gasteiger partial charge in [0.2, 0.25) is 11.8 Å². The molecule has 224 valence electrons. The Hall–Kier alpha value is -4.79. The normalized spacial score (nSPS) is 11.3. The first-order valence-electron chi connectivity index (χ1n) is 12.8. The van der Waals surface area contributed by atoms with E-state index in [1.165, 1.54) is 24.1 Å². The number of nitrogens with zero attached hydrogens (tertiary/aromatic N) is 4. The summed E-state index contributed by atoms with van der Waals surface area (Å²) >= 11 is 0. The topological polar surface area (TPSA) is 102 Å². The first-order valence-corrected chi connectivity index (χ1v) is 14.2. The number of carbonyl (C=O) groups is 2. The van der Waals surface area contributed by atoms with Gasteiger partial charge in [-0.25, -0.2) is 12.7 Å². The monoisotopic (exact) mass is 593 g/mol. The number of nitrogens with one attached hydrogen (secondary N) is 1. The molecule has 1 aromatic carbocycles. The zero-order valence-corrected chi connectivity index (χ0v) is 25.9. The van der Waals surface area contributed by atoms with Crippen LogP contribution in [0.15, 0.2) is 53.1 Å². The van der Waals surface area contributed by atoms with Crippen molar-refractivity contribution < 1.29 is 22.7 Å². The number of hydrogen-bond donors (Lipinski definition) is 1. The molecule has 10 nitrogen and oxygen atoms in total. The summed E-state index contributed by atoms with van der Waals surface area (Å²) in [5.41, 5.74) is 2.12. The highest BCUT2D eigenvalue weighted by molar-refractivity contribution is 7.89. The molecule has 42 heavy (non-hydrogen) atoms. The quantitative estimate of drug-likeness (QED) is 0.187. The summed E-state index contributed by atoms with van der Waals surface area (Å²) in [6.07, 6.45) is 21.8. The SMILES string of the molecule is C#Cc1cc(OC)cc(C)c1S(=O)(=O)N(C#C)CC(=O)NCC(=O)N(C)C/C(C=C)=C/C=C(\C)N(C)CCN(C)C#C. The zero-order valence-electron chi connectivity index (χ0n) is 25.1. The van der Waals surface area contributed by atoms with Gasteiger partial charge in [-0.05, 0) is 43.2 Å². The number of benzene rings is 1. The first kappa shape index (κ1) is 35.2. The predicted octanol–water partition coefficient (Wildman–Crippen LogP) is 1.61. The summed E-state index contributed by atoms with van der Waals surface area (Å²) in [6, 6.07) is 7.47. The fraction of sp³-hybridized carbons (Fsp3) is 0.355. The van der Waals surface area contributed by atoms with Crippen molar-refractivity contribution in [2.75, 3.05) is 61.0 Å². The van der Waals surface area contributed by atoms with Gasteiger partial charge >= 0.3 is 0 Å². The third-order valence-corrected chi connectivity index (χ3v) is 8.17. The molecule has 0 unspecified atom stereocenters. The molecular formula is C31H39N5O5S. The number of rotatable bonds is 15. The van der Waals surface area contributed by atoms with E-state index in [0.717, 1.165) is 17.8 Å². The van der Waals surface area contributed by atoms with Crippen LogP contribution in [0.25, 0.3) is 0 Å². The molecule has 0 saturated heterocycles. The number of methoxy groups -OCH3 is 1. The molecule has 0 saturated carbocycles. The van der Waals surface area contributed by atoms with Crippen LogP contribution in [-0.4, -0.2) is 100 Å². The van der Waals surface area contributed by atoms with Crippen LogP contribution >= 0.6 is 0 Å². The van der Waals surface area contributed by atoms with E-state index < -0.39 is 28.4 Å². The second kappa shape index (κ2) is 16.5. The maximum Gasteiger partial charge on any atom is 0.272 e. The third-order valence-electron chi connectivity index (χ3n) is 6.30. The summed E-state index contributed by atoms with van der Waals surface area (Å²) in [5, 5.41) is 2.42. The lowest BCUT2D eigenvalue weighted by molar-refractivity contribution is -0.131. The van der Waals surface area contributed by atoms with Gasteiger partial charge in [-0.1, -0.05) is 37.5 Å². The van der Waals surface area contributed by atoms with E-state index in [9.17, 15) is 18.0 Å². The molecular weight excluding hydrogens is 554 g/mol. The Bertz CT molecular complexity index is 1460. The lowest BCUT2D eigenvalue weighted by Crippen LogP contribution is -2.43. The van der Waals surface area contributed by atoms with Crippen molar-refractivity contribution in [3.8, 4) is 43.0 Å². The average Bonchev–Trinajstić information content (AvgIpc) is 2.97. The van der Waals surface area contributed by atoms with Crippen LogP contribution in [0.1, 0.15) is 18.1 Å². The molecule has 0 heterocycles. The second-order valence-electron chi connectivity index (χ2n) is 9.36. The van der Waals surface area contributed by atoms with E-state index in [0.29, 0.717) is 22.2 Å². The summed E-state index contributed by atoms with van der Waals surface area (Å²) in [7, 11) is 2.45. The fourth-order valence-corrected chi connectivity index (χ4v) is 5.07. The Labute approximate surface area is 250 Å². The number of ether oxygens (including phenoxy) is 1. The van der Waals surface area contributed by atoms with Crippen LogP contribution < -0.4 is 10.1 Å². The molecule has 0 spiro atoms. The zero-order chi connectivity index (χ0) is 32.0. The van der Waals surface area contributed by atoms with Crippen molar-refractivity contribution in [1.29, 1.82) is 0 Å². The molecule has 0 aliphatic heterocycles. The van der Waals surface area contributed by atoms with E-state index in [1.807, 2.05) is 39.2 Å². The van der Waals surface area contributed by atoms with Gasteiger partial charge in [-0.2, -0.15) is 0 Å². The molecule has 0 radical (unpaired) electrons. The number of allylic oxidation sites excluding steroid dienone is 3. The van der Waals surface area contributed by atoms with Crippen LogP contribution in [0.3, 0.4) is 0 Å². The summed E-state index contributed by atoms with van der Waals surface area (Å²) < 4.78 is 32.3. The number of terminal acetylenes is 3. The van der Waals surface area contributed by atoms with E-state index >= 15 is 0 Å². The molecule has 2 amide bonds. The molecule has 1 aromatic rings. The molecule has 0 bridgehead atoms.